The Morgan fingerprint density at radius 1 is 1.29 bits per heavy atom. The monoisotopic (exact) mass is 386 g/mol. The van der Waals surface area contributed by atoms with Crippen LogP contribution in [-0.2, 0) is 17.7 Å². The van der Waals surface area contributed by atoms with Crippen LogP contribution in [0.15, 0.2) is 30.6 Å². The van der Waals surface area contributed by atoms with Gasteiger partial charge in [-0.3, -0.25) is 0 Å². The van der Waals surface area contributed by atoms with Gasteiger partial charge < -0.3 is 20.3 Å². The smallest absolute Gasteiger partial charge is 0.317 e. The first-order chi connectivity index (χ1) is 13.5. The topological polar surface area (TPSA) is 84.3 Å². The third kappa shape index (κ3) is 5.08. The summed E-state index contributed by atoms with van der Waals surface area (Å²) in [6, 6.07) is 5.76. The van der Waals surface area contributed by atoms with Crippen molar-refractivity contribution in [1.29, 1.82) is 0 Å². The second-order valence-corrected chi connectivity index (χ2v) is 7.89. The highest BCUT2D eigenvalue weighted by molar-refractivity contribution is 5.74. The first-order valence-corrected chi connectivity index (χ1v) is 9.70. The molecular formula is C20H30N6O2. The van der Waals surface area contributed by atoms with Gasteiger partial charge in [0.2, 0.25) is 0 Å². The molecule has 0 aromatic carbocycles. The maximum Gasteiger partial charge on any atom is 0.317 e. The van der Waals surface area contributed by atoms with Gasteiger partial charge in [0.15, 0.2) is 5.82 Å². The lowest BCUT2D eigenvalue weighted by Crippen LogP contribution is -2.45. The molecule has 3 rings (SSSR count). The van der Waals surface area contributed by atoms with Crippen LogP contribution in [-0.4, -0.2) is 65.6 Å². The first-order valence-electron chi connectivity index (χ1n) is 9.70. The van der Waals surface area contributed by atoms with Crippen molar-refractivity contribution in [3.8, 4) is 5.82 Å². The lowest BCUT2D eigenvalue weighted by atomic mass is 9.87. The van der Waals surface area contributed by atoms with E-state index in [1.54, 1.807) is 13.3 Å². The molecule has 0 saturated heterocycles. The third-order valence-electron chi connectivity index (χ3n) is 4.80. The summed E-state index contributed by atoms with van der Waals surface area (Å²) in [4.78, 5) is 19.0. The highest BCUT2D eigenvalue weighted by Crippen LogP contribution is 2.31. The lowest BCUT2D eigenvalue weighted by molar-refractivity contribution is 0.168. The zero-order valence-electron chi connectivity index (χ0n) is 16.9. The molecule has 8 nitrogen and oxygen atoms in total. The molecule has 0 radical (unpaired) electrons. The van der Waals surface area contributed by atoms with Crippen molar-refractivity contribution in [2.45, 2.75) is 26.8 Å². The molecule has 28 heavy (non-hydrogen) atoms. The number of rotatable bonds is 7. The molecule has 2 amide bonds. The number of carbonyl (C=O) groups is 1. The highest BCUT2D eigenvalue weighted by atomic mass is 16.5. The van der Waals surface area contributed by atoms with Crippen molar-refractivity contribution in [3.05, 3.63) is 41.9 Å². The molecular weight excluding hydrogens is 356 g/mol. The van der Waals surface area contributed by atoms with Crippen LogP contribution >= 0.6 is 0 Å². The molecule has 0 bridgehead atoms. The van der Waals surface area contributed by atoms with Gasteiger partial charge in [-0.1, -0.05) is 19.9 Å². The molecule has 2 aromatic heterocycles. The van der Waals surface area contributed by atoms with Crippen molar-refractivity contribution in [1.82, 2.24) is 30.3 Å². The number of carbonyl (C=O) groups excluding carboxylic acids is 1. The quantitative estimate of drug-likeness (QED) is 0.706. The summed E-state index contributed by atoms with van der Waals surface area (Å²) < 4.78 is 6.90. The molecule has 0 saturated carbocycles. The molecule has 2 aromatic rings. The van der Waals surface area contributed by atoms with E-state index in [9.17, 15) is 4.79 Å². The van der Waals surface area contributed by atoms with Crippen molar-refractivity contribution in [3.63, 3.8) is 0 Å². The second-order valence-electron chi connectivity index (χ2n) is 7.89. The number of fused-ring (bicyclic) bond motifs is 1. The third-order valence-corrected chi connectivity index (χ3v) is 4.80. The Balaban J connectivity index is 1.68. The van der Waals surface area contributed by atoms with E-state index in [1.807, 2.05) is 34.0 Å². The van der Waals surface area contributed by atoms with Gasteiger partial charge >= 0.3 is 6.03 Å². The summed E-state index contributed by atoms with van der Waals surface area (Å²) in [6.45, 7) is 8.35. The van der Waals surface area contributed by atoms with Crippen LogP contribution in [0.1, 0.15) is 25.1 Å². The molecule has 152 valence electrons. The van der Waals surface area contributed by atoms with Crippen LogP contribution in [0, 0.1) is 5.41 Å². The summed E-state index contributed by atoms with van der Waals surface area (Å²) >= 11 is 0. The lowest BCUT2D eigenvalue weighted by Gasteiger charge is -2.29. The molecule has 0 atom stereocenters. The Kier molecular flexibility index (Phi) is 6.64. The maximum absolute atomic E-state index is 12.7. The minimum absolute atomic E-state index is 0.0416. The fourth-order valence-electron chi connectivity index (χ4n) is 3.50. The first kappa shape index (κ1) is 20.3. The Hall–Kier alpha value is -2.45. The second kappa shape index (κ2) is 9.16. The van der Waals surface area contributed by atoms with E-state index in [4.69, 9.17) is 4.74 Å². The van der Waals surface area contributed by atoms with E-state index in [0.717, 1.165) is 36.6 Å². The Morgan fingerprint density at radius 3 is 2.89 bits per heavy atom. The predicted octanol–water partition coefficient (Wildman–Crippen LogP) is 1.60. The summed E-state index contributed by atoms with van der Waals surface area (Å²) in [5, 5.41) is 10.8. The zero-order chi connectivity index (χ0) is 20.0. The van der Waals surface area contributed by atoms with Crippen LogP contribution < -0.4 is 10.6 Å². The fourth-order valence-corrected chi connectivity index (χ4v) is 3.50. The Labute approximate surface area is 166 Å². The predicted molar refractivity (Wildman–Crippen MR) is 107 cm³/mol. The van der Waals surface area contributed by atoms with Crippen molar-refractivity contribution in [2.75, 3.05) is 39.9 Å². The van der Waals surface area contributed by atoms with Crippen molar-refractivity contribution in [2.24, 2.45) is 5.41 Å². The number of nitrogens with zero attached hydrogens (tertiary/aromatic N) is 4. The number of aromatic nitrogens is 3. The zero-order valence-corrected chi connectivity index (χ0v) is 16.9. The molecule has 0 aliphatic carbocycles. The molecule has 0 unspecified atom stereocenters. The SMILES string of the molecule is COCCNCCNC(=O)N1Cc2cnn(-c3ccccn3)c2CC(C)(C)C1. The van der Waals surface area contributed by atoms with Crippen LogP contribution in [0.3, 0.4) is 0 Å². The van der Waals surface area contributed by atoms with Gasteiger partial charge in [0.05, 0.1) is 25.0 Å². The number of amides is 2. The highest BCUT2D eigenvalue weighted by Gasteiger charge is 2.32. The standard InChI is InChI=1S/C20H30N6O2/c1-20(2)12-17-16(13-24-26(17)18-6-4-5-7-22-18)14-25(15-20)19(27)23-9-8-21-10-11-28-3/h4-7,13,21H,8-12,14-15H2,1-3H3,(H,23,27). The molecule has 8 heteroatoms. The van der Waals surface area contributed by atoms with E-state index in [0.29, 0.717) is 26.2 Å². The molecule has 0 fully saturated rings. The number of hydrogen-bond acceptors (Lipinski definition) is 5. The minimum Gasteiger partial charge on any atom is -0.383 e. The molecule has 3 heterocycles. The van der Waals surface area contributed by atoms with Crippen LogP contribution in [0.5, 0.6) is 0 Å². The number of pyridine rings is 1. The van der Waals surface area contributed by atoms with Gasteiger partial charge in [0.1, 0.15) is 0 Å². The number of nitrogens with one attached hydrogen (secondary N) is 2. The fraction of sp³-hybridized carbons (Fsp3) is 0.550. The van der Waals surface area contributed by atoms with E-state index >= 15 is 0 Å². The Morgan fingerprint density at radius 2 is 2.14 bits per heavy atom. The number of urea groups is 1. The molecule has 0 spiro atoms. The van der Waals surface area contributed by atoms with E-state index in [2.05, 4.69) is 34.6 Å². The van der Waals surface area contributed by atoms with Gasteiger partial charge in [-0.25, -0.2) is 14.5 Å². The number of methoxy groups -OCH3 is 1. The minimum atomic E-state index is -0.0636. The number of hydrogen-bond donors (Lipinski definition) is 2. The summed E-state index contributed by atoms with van der Waals surface area (Å²) in [5.74, 6) is 0.805. The summed E-state index contributed by atoms with van der Waals surface area (Å²) in [7, 11) is 1.68. The molecule has 1 aliphatic rings. The van der Waals surface area contributed by atoms with Crippen molar-refractivity contribution < 1.29 is 9.53 Å². The van der Waals surface area contributed by atoms with Crippen molar-refractivity contribution >= 4 is 6.03 Å². The molecule has 2 N–H and O–H groups in total. The van der Waals surface area contributed by atoms with Gasteiger partial charge in [0.25, 0.3) is 0 Å². The average Bonchev–Trinajstić information content (AvgIpc) is 2.99. The van der Waals surface area contributed by atoms with Crippen LogP contribution in [0.4, 0.5) is 4.79 Å². The summed E-state index contributed by atoms with van der Waals surface area (Å²) in [5.41, 5.74) is 2.14. The maximum atomic E-state index is 12.7. The number of ether oxygens (including phenoxy) is 1. The Bertz CT molecular complexity index is 774. The van der Waals surface area contributed by atoms with E-state index in [-0.39, 0.29) is 11.4 Å². The van der Waals surface area contributed by atoms with Gasteiger partial charge in [-0.2, -0.15) is 5.10 Å². The largest absolute Gasteiger partial charge is 0.383 e. The normalized spacial score (nSPS) is 15.8. The van der Waals surface area contributed by atoms with E-state index in [1.165, 1.54) is 0 Å². The van der Waals surface area contributed by atoms with Crippen LogP contribution in [0.25, 0.3) is 5.82 Å². The van der Waals surface area contributed by atoms with Gasteiger partial charge in [0, 0.05) is 45.0 Å². The van der Waals surface area contributed by atoms with E-state index < -0.39 is 0 Å². The van der Waals surface area contributed by atoms with Gasteiger partial charge in [-0.15, -0.1) is 0 Å². The molecule has 1 aliphatic heterocycles. The average molecular weight is 387 g/mol. The van der Waals surface area contributed by atoms with Gasteiger partial charge in [-0.05, 0) is 24.0 Å². The summed E-state index contributed by atoms with van der Waals surface area (Å²) in [6.07, 6.45) is 4.46. The van der Waals surface area contributed by atoms with Crippen LogP contribution in [0.2, 0.25) is 0 Å².